The number of hydrogen-bond donors (Lipinski definition) is 1. The van der Waals surface area contributed by atoms with E-state index in [4.69, 9.17) is 17.0 Å². The molecule has 7 nitrogen and oxygen atoms in total. The van der Waals surface area contributed by atoms with Gasteiger partial charge >= 0.3 is 5.97 Å². The van der Waals surface area contributed by atoms with Crippen LogP contribution in [-0.2, 0) is 31.2 Å². The molecular formula is C22H31N5O2S2. The molecule has 1 N–H and O–H groups in total. The summed E-state index contributed by atoms with van der Waals surface area (Å²) in [5.41, 5.74) is 4.32. The van der Waals surface area contributed by atoms with E-state index < -0.39 is 0 Å². The molecule has 1 fully saturated rings. The average Bonchev–Trinajstić information content (AvgIpc) is 3.27. The van der Waals surface area contributed by atoms with Gasteiger partial charge in [-0.3, -0.25) is 9.58 Å². The van der Waals surface area contributed by atoms with Crippen molar-refractivity contribution in [3.05, 3.63) is 33.5 Å². The molecular weight excluding hydrogens is 430 g/mol. The van der Waals surface area contributed by atoms with Gasteiger partial charge in [-0.1, -0.05) is 6.92 Å². The van der Waals surface area contributed by atoms with Crippen LogP contribution in [-0.4, -0.2) is 64.0 Å². The molecule has 1 saturated heterocycles. The fourth-order valence-electron chi connectivity index (χ4n) is 4.38. The third-order valence-corrected chi connectivity index (χ3v) is 8.04. The monoisotopic (exact) mass is 461 g/mol. The molecule has 2 aromatic heterocycles. The number of nitrogens with one attached hydrogen (secondary N) is 1. The number of hydrogen-bond acceptors (Lipinski definition) is 6. The fraction of sp³-hybridized carbons (Fsp3) is 0.591. The van der Waals surface area contributed by atoms with Crippen molar-refractivity contribution >= 4 is 39.6 Å². The van der Waals surface area contributed by atoms with Gasteiger partial charge in [0.1, 0.15) is 5.00 Å². The summed E-state index contributed by atoms with van der Waals surface area (Å²) < 4.78 is 7.02. The predicted octanol–water partition coefficient (Wildman–Crippen LogP) is 3.22. The Bertz CT molecular complexity index is 975. The number of fused-ring (bicyclic) bond motifs is 1. The highest BCUT2D eigenvalue weighted by atomic mass is 32.1. The third-order valence-electron chi connectivity index (χ3n) is 6.51. The lowest BCUT2D eigenvalue weighted by Gasteiger charge is -2.36. The summed E-state index contributed by atoms with van der Waals surface area (Å²) >= 11 is 7.39. The quantitative estimate of drug-likeness (QED) is 0.554. The van der Waals surface area contributed by atoms with E-state index in [-0.39, 0.29) is 5.97 Å². The van der Waals surface area contributed by atoms with Gasteiger partial charge in [-0.05, 0) is 49.9 Å². The second kappa shape index (κ2) is 9.26. The van der Waals surface area contributed by atoms with Crippen LogP contribution in [0.2, 0.25) is 0 Å². The molecule has 0 amide bonds. The SMILES string of the molecule is COC(=O)c1c(NC(=S)N2CCN(Cc3cnn(C)c3C)CC2)sc2c1CCC(C)C2. The molecule has 0 aromatic carbocycles. The normalized spacial score (nSPS) is 19.2. The number of anilines is 1. The number of nitrogens with zero attached hydrogens (tertiary/aromatic N) is 4. The maximum atomic E-state index is 12.5. The first kappa shape index (κ1) is 22.2. The highest BCUT2D eigenvalue weighted by Crippen LogP contribution is 2.40. The Labute approximate surface area is 193 Å². The zero-order valence-corrected chi connectivity index (χ0v) is 20.4. The number of aryl methyl sites for hydroxylation is 1. The number of thiocarbonyl (C=S) groups is 1. The lowest BCUT2D eigenvalue weighted by atomic mass is 9.88. The Morgan fingerprint density at radius 3 is 2.74 bits per heavy atom. The zero-order chi connectivity index (χ0) is 22.1. The molecule has 0 bridgehead atoms. The molecule has 1 atom stereocenters. The summed E-state index contributed by atoms with van der Waals surface area (Å²) in [6.45, 7) is 8.90. The predicted molar refractivity (Wildman–Crippen MR) is 128 cm³/mol. The van der Waals surface area contributed by atoms with Crippen LogP contribution in [0.3, 0.4) is 0 Å². The topological polar surface area (TPSA) is 62.6 Å². The van der Waals surface area contributed by atoms with Crippen LogP contribution in [0.4, 0.5) is 5.00 Å². The summed E-state index contributed by atoms with van der Waals surface area (Å²) in [4.78, 5) is 18.5. The number of aromatic nitrogens is 2. The molecule has 3 heterocycles. The van der Waals surface area contributed by atoms with Crippen molar-refractivity contribution in [3.63, 3.8) is 0 Å². The first-order chi connectivity index (χ1) is 14.9. The molecule has 0 saturated carbocycles. The smallest absolute Gasteiger partial charge is 0.341 e. The maximum absolute atomic E-state index is 12.5. The van der Waals surface area contributed by atoms with Crippen LogP contribution in [0.5, 0.6) is 0 Å². The van der Waals surface area contributed by atoms with Crippen LogP contribution in [0.25, 0.3) is 0 Å². The molecule has 2 aromatic rings. The van der Waals surface area contributed by atoms with E-state index in [1.165, 1.54) is 23.2 Å². The fourth-order valence-corrected chi connectivity index (χ4v) is 6.13. The Kier molecular flexibility index (Phi) is 6.64. The van der Waals surface area contributed by atoms with Crippen LogP contribution in [0.1, 0.15) is 45.4 Å². The molecule has 4 rings (SSSR count). The molecule has 0 spiro atoms. The van der Waals surface area contributed by atoms with Gasteiger partial charge < -0.3 is 15.0 Å². The lowest BCUT2D eigenvalue weighted by molar-refractivity contribution is 0.0601. The van der Waals surface area contributed by atoms with Crippen LogP contribution in [0.15, 0.2) is 6.20 Å². The number of carbonyl (C=O) groups is 1. The first-order valence-corrected chi connectivity index (χ1v) is 12.1. The summed E-state index contributed by atoms with van der Waals surface area (Å²) in [6.07, 6.45) is 5.01. The largest absolute Gasteiger partial charge is 0.465 e. The van der Waals surface area contributed by atoms with Gasteiger partial charge in [-0.25, -0.2) is 4.79 Å². The van der Waals surface area contributed by atoms with Crippen LogP contribution in [0, 0.1) is 12.8 Å². The molecule has 1 unspecified atom stereocenters. The Hall–Kier alpha value is -1.97. The van der Waals surface area contributed by atoms with E-state index in [2.05, 4.69) is 34.1 Å². The molecule has 1 aliphatic carbocycles. The van der Waals surface area contributed by atoms with Crippen molar-refractivity contribution in [1.82, 2.24) is 19.6 Å². The number of carbonyl (C=O) groups excluding carboxylic acids is 1. The minimum atomic E-state index is -0.269. The summed E-state index contributed by atoms with van der Waals surface area (Å²) in [6, 6.07) is 0. The molecule has 0 radical (unpaired) electrons. The molecule has 2 aliphatic rings. The molecule has 168 valence electrons. The molecule has 9 heteroatoms. The van der Waals surface area contributed by atoms with Gasteiger partial charge in [0.25, 0.3) is 0 Å². The van der Waals surface area contributed by atoms with Crippen molar-refractivity contribution in [2.75, 3.05) is 38.6 Å². The van der Waals surface area contributed by atoms with Gasteiger partial charge in [0.05, 0.1) is 18.9 Å². The van der Waals surface area contributed by atoms with Gasteiger partial charge in [0.2, 0.25) is 0 Å². The Morgan fingerprint density at radius 2 is 2.10 bits per heavy atom. The number of esters is 1. The Balaban J connectivity index is 1.40. The van der Waals surface area contributed by atoms with Crippen molar-refractivity contribution in [2.45, 2.75) is 39.7 Å². The van der Waals surface area contributed by atoms with E-state index in [0.29, 0.717) is 16.6 Å². The minimum Gasteiger partial charge on any atom is -0.465 e. The number of piperazine rings is 1. The summed E-state index contributed by atoms with van der Waals surface area (Å²) in [5.74, 6) is 0.377. The second-order valence-electron chi connectivity index (χ2n) is 8.62. The van der Waals surface area contributed by atoms with Gasteiger partial charge in [-0.15, -0.1) is 11.3 Å². The van der Waals surface area contributed by atoms with E-state index in [9.17, 15) is 4.79 Å². The number of ether oxygens (including phenoxy) is 1. The van der Waals surface area contributed by atoms with Crippen LogP contribution >= 0.6 is 23.6 Å². The van der Waals surface area contributed by atoms with E-state index >= 15 is 0 Å². The highest BCUT2D eigenvalue weighted by molar-refractivity contribution is 7.80. The van der Waals surface area contributed by atoms with Gasteiger partial charge in [0.15, 0.2) is 5.11 Å². The third kappa shape index (κ3) is 4.63. The van der Waals surface area contributed by atoms with Gasteiger partial charge in [-0.2, -0.15) is 5.10 Å². The van der Waals surface area contributed by atoms with Crippen molar-refractivity contribution < 1.29 is 9.53 Å². The summed E-state index contributed by atoms with van der Waals surface area (Å²) in [7, 11) is 3.43. The average molecular weight is 462 g/mol. The van der Waals surface area contributed by atoms with E-state index in [1.54, 1.807) is 11.3 Å². The molecule has 31 heavy (non-hydrogen) atoms. The zero-order valence-electron chi connectivity index (χ0n) is 18.7. The van der Waals surface area contributed by atoms with Crippen molar-refractivity contribution in [2.24, 2.45) is 13.0 Å². The van der Waals surface area contributed by atoms with Crippen molar-refractivity contribution in [1.29, 1.82) is 0 Å². The number of methoxy groups -OCH3 is 1. The van der Waals surface area contributed by atoms with Crippen LogP contribution < -0.4 is 5.32 Å². The standard InChI is InChI=1S/C22H31N5O2S2/c1-14-5-6-17-18(11-14)31-20(19(17)21(28)29-4)24-22(30)27-9-7-26(8-10-27)13-16-12-23-25(3)15(16)2/h12,14H,5-11,13H2,1-4H3,(H,24,30). The first-order valence-electron chi connectivity index (χ1n) is 10.9. The minimum absolute atomic E-state index is 0.269. The Morgan fingerprint density at radius 1 is 1.35 bits per heavy atom. The summed E-state index contributed by atoms with van der Waals surface area (Å²) in [5, 5.41) is 9.26. The van der Waals surface area contributed by atoms with Gasteiger partial charge in [0, 0.05) is 55.9 Å². The highest BCUT2D eigenvalue weighted by Gasteiger charge is 2.29. The number of thiophene rings is 1. The lowest BCUT2D eigenvalue weighted by Crippen LogP contribution is -2.49. The maximum Gasteiger partial charge on any atom is 0.341 e. The second-order valence-corrected chi connectivity index (χ2v) is 10.1. The van der Waals surface area contributed by atoms with E-state index in [1.807, 2.05) is 17.9 Å². The van der Waals surface area contributed by atoms with E-state index in [0.717, 1.165) is 62.6 Å². The number of rotatable bonds is 4. The molecule has 1 aliphatic heterocycles. The van der Waals surface area contributed by atoms with Crippen molar-refractivity contribution in [3.8, 4) is 0 Å².